The van der Waals surface area contributed by atoms with Crippen molar-refractivity contribution in [3.05, 3.63) is 53.6 Å². The average Bonchev–Trinajstić information content (AvgIpc) is 3.24. The van der Waals surface area contributed by atoms with E-state index in [-0.39, 0.29) is 11.2 Å². The molecule has 2 aromatic heterocycles. The first-order valence-corrected chi connectivity index (χ1v) is 8.86. The Hall–Kier alpha value is -2.47. The molecule has 1 spiro atoms. The molecule has 1 fully saturated rings. The number of rotatable bonds is 2. The van der Waals surface area contributed by atoms with E-state index in [0.717, 1.165) is 55.9 Å². The summed E-state index contributed by atoms with van der Waals surface area (Å²) in [6, 6.07) is 8.40. The second-order valence-corrected chi connectivity index (χ2v) is 7.05. The van der Waals surface area contributed by atoms with E-state index in [1.165, 1.54) is 23.4 Å². The molecule has 0 bridgehead atoms. The topological polar surface area (TPSA) is 54.2 Å². The van der Waals surface area contributed by atoms with Crippen molar-refractivity contribution in [3.8, 4) is 0 Å². The third kappa shape index (κ3) is 2.32. The van der Waals surface area contributed by atoms with Gasteiger partial charge >= 0.3 is 0 Å². The molecule has 1 aliphatic heterocycles. The zero-order valence-electron chi connectivity index (χ0n) is 13.9. The molecule has 128 valence electrons. The monoisotopic (exact) mass is 337 g/mol. The van der Waals surface area contributed by atoms with Crippen LogP contribution in [0.4, 0.5) is 15.9 Å². The van der Waals surface area contributed by atoms with Crippen LogP contribution in [-0.2, 0) is 11.8 Å². The van der Waals surface area contributed by atoms with E-state index in [0.29, 0.717) is 0 Å². The Kier molecular flexibility index (Phi) is 3.28. The van der Waals surface area contributed by atoms with E-state index in [2.05, 4.69) is 15.7 Å². The van der Waals surface area contributed by atoms with Gasteiger partial charge in [-0.25, -0.2) is 9.37 Å². The Labute approximate surface area is 145 Å². The summed E-state index contributed by atoms with van der Waals surface area (Å²) in [7, 11) is 0. The van der Waals surface area contributed by atoms with Gasteiger partial charge in [-0.2, -0.15) is 9.61 Å². The van der Waals surface area contributed by atoms with Crippen LogP contribution in [0.25, 0.3) is 5.65 Å². The summed E-state index contributed by atoms with van der Waals surface area (Å²) in [5.74, 6) is 0.732. The molecule has 5 rings (SSSR count). The molecule has 5 nitrogen and oxygen atoms in total. The normalized spacial score (nSPS) is 18.6. The summed E-state index contributed by atoms with van der Waals surface area (Å²) in [6.45, 7) is 2.10. The van der Waals surface area contributed by atoms with Gasteiger partial charge in [-0.3, -0.25) is 0 Å². The first-order chi connectivity index (χ1) is 12.3. The molecule has 3 aromatic rings. The fraction of sp³-hybridized carbons (Fsp3) is 0.368. The van der Waals surface area contributed by atoms with Gasteiger partial charge in [-0.1, -0.05) is 0 Å². The van der Waals surface area contributed by atoms with Crippen molar-refractivity contribution < 1.29 is 4.39 Å². The molecule has 0 amide bonds. The Balaban J connectivity index is 1.65. The number of halogens is 1. The van der Waals surface area contributed by atoms with E-state index in [1.54, 1.807) is 18.3 Å². The Morgan fingerprint density at radius 2 is 1.88 bits per heavy atom. The summed E-state index contributed by atoms with van der Waals surface area (Å²) < 4.78 is 15.1. The number of aromatic nitrogens is 3. The average molecular weight is 337 g/mol. The zero-order chi connectivity index (χ0) is 16.9. The summed E-state index contributed by atoms with van der Waals surface area (Å²) in [4.78, 5) is 4.98. The molecule has 0 atom stereocenters. The van der Waals surface area contributed by atoms with Gasteiger partial charge < -0.3 is 10.6 Å². The van der Waals surface area contributed by atoms with Crippen molar-refractivity contribution in [1.82, 2.24) is 19.9 Å². The van der Waals surface area contributed by atoms with Crippen LogP contribution in [-0.4, -0.2) is 27.7 Å². The third-order valence-electron chi connectivity index (χ3n) is 5.66. The van der Waals surface area contributed by atoms with Gasteiger partial charge in [0.1, 0.15) is 11.6 Å². The van der Waals surface area contributed by atoms with E-state index < -0.39 is 0 Å². The maximum absolute atomic E-state index is 13.2. The molecule has 0 unspecified atom stereocenters. The maximum Gasteiger partial charge on any atom is 0.157 e. The van der Waals surface area contributed by atoms with Crippen LogP contribution >= 0.6 is 0 Å². The minimum atomic E-state index is -0.233. The summed E-state index contributed by atoms with van der Waals surface area (Å²) in [6.07, 6.45) is 6.19. The molecule has 0 saturated carbocycles. The largest absolute Gasteiger partial charge is 0.340 e. The van der Waals surface area contributed by atoms with Crippen molar-refractivity contribution in [2.24, 2.45) is 0 Å². The fourth-order valence-electron chi connectivity index (χ4n) is 4.32. The Bertz CT molecular complexity index is 925. The predicted molar refractivity (Wildman–Crippen MR) is 94.8 cm³/mol. The van der Waals surface area contributed by atoms with Crippen LogP contribution < -0.4 is 10.6 Å². The number of anilines is 2. The highest BCUT2D eigenvalue weighted by molar-refractivity contribution is 5.66. The van der Waals surface area contributed by atoms with Gasteiger partial charge in [-0.15, -0.1) is 0 Å². The van der Waals surface area contributed by atoms with Gasteiger partial charge in [0.05, 0.1) is 11.9 Å². The third-order valence-corrected chi connectivity index (χ3v) is 5.66. The number of fused-ring (bicyclic) bond motifs is 3. The molecule has 3 heterocycles. The molecule has 6 heteroatoms. The van der Waals surface area contributed by atoms with Gasteiger partial charge in [-0.05, 0) is 63.0 Å². The van der Waals surface area contributed by atoms with Crippen LogP contribution in [0.2, 0.25) is 0 Å². The first kappa shape index (κ1) is 14.8. The van der Waals surface area contributed by atoms with Gasteiger partial charge in [0.25, 0.3) is 0 Å². The van der Waals surface area contributed by atoms with Crippen LogP contribution in [0, 0.1) is 5.82 Å². The number of nitrogens with zero attached hydrogens (tertiary/aromatic N) is 3. The SMILES string of the molecule is Fc1ccc(Nc2c3c(nc4ccnn24)C2(CCNCC2)CC3)cc1. The minimum Gasteiger partial charge on any atom is -0.340 e. The smallest absolute Gasteiger partial charge is 0.157 e. The predicted octanol–water partition coefficient (Wildman–Crippen LogP) is 3.18. The molecular formula is C19H20FN5. The second-order valence-electron chi connectivity index (χ2n) is 7.05. The molecule has 1 aliphatic carbocycles. The van der Waals surface area contributed by atoms with Crippen LogP contribution in [0.3, 0.4) is 0 Å². The molecule has 1 saturated heterocycles. The zero-order valence-corrected chi connectivity index (χ0v) is 13.9. The number of hydrogen-bond acceptors (Lipinski definition) is 4. The summed E-state index contributed by atoms with van der Waals surface area (Å²) >= 11 is 0. The Morgan fingerprint density at radius 3 is 2.68 bits per heavy atom. The summed E-state index contributed by atoms with van der Waals surface area (Å²) in [5, 5.41) is 11.4. The van der Waals surface area contributed by atoms with Crippen molar-refractivity contribution in [2.75, 3.05) is 18.4 Å². The number of hydrogen-bond donors (Lipinski definition) is 2. The molecular weight excluding hydrogens is 317 g/mol. The standard InChI is InChI=1S/C19H20FN5/c20-13-1-3-14(4-2-13)23-18-15-5-7-19(8-11-21-12-9-19)17(15)24-16-6-10-22-25(16)18/h1-4,6,10,21,23H,5,7-9,11-12H2. The van der Waals surface area contributed by atoms with E-state index in [9.17, 15) is 4.39 Å². The van der Waals surface area contributed by atoms with Crippen LogP contribution in [0.5, 0.6) is 0 Å². The second kappa shape index (κ2) is 5.52. The van der Waals surface area contributed by atoms with Crippen molar-refractivity contribution in [1.29, 1.82) is 0 Å². The minimum absolute atomic E-state index is 0.186. The number of nitrogens with one attached hydrogen (secondary N) is 2. The Morgan fingerprint density at radius 1 is 1.08 bits per heavy atom. The number of benzene rings is 1. The molecule has 2 aliphatic rings. The van der Waals surface area contributed by atoms with E-state index in [1.807, 2.05) is 10.6 Å². The first-order valence-electron chi connectivity index (χ1n) is 8.86. The lowest BCUT2D eigenvalue weighted by molar-refractivity contribution is 0.301. The summed E-state index contributed by atoms with van der Waals surface area (Å²) in [5.41, 5.74) is 4.39. The van der Waals surface area contributed by atoms with Gasteiger partial charge in [0.15, 0.2) is 5.65 Å². The van der Waals surface area contributed by atoms with Gasteiger partial charge in [0, 0.05) is 22.7 Å². The maximum atomic E-state index is 13.2. The molecule has 1 aromatic carbocycles. The van der Waals surface area contributed by atoms with Crippen molar-refractivity contribution >= 4 is 17.2 Å². The molecule has 0 radical (unpaired) electrons. The van der Waals surface area contributed by atoms with Crippen molar-refractivity contribution in [3.63, 3.8) is 0 Å². The van der Waals surface area contributed by atoms with Crippen molar-refractivity contribution in [2.45, 2.75) is 31.1 Å². The lowest BCUT2D eigenvalue weighted by Gasteiger charge is -2.34. The van der Waals surface area contributed by atoms with Crippen LogP contribution in [0.1, 0.15) is 30.5 Å². The van der Waals surface area contributed by atoms with Crippen LogP contribution in [0.15, 0.2) is 36.5 Å². The quantitative estimate of drug-likeness (QED) is 0.754. The molecule has 25 heavy (non-hydrogen) atoms. The highest BCUT2D eigenvalue weighted by atomic mass is 19.1. The van der Waals surface area contributed by atoms with E-state index in [4.69, 9.17) is 4.98 Å². The fourth-order valence-corrected chi connectivity index (χ4v) is 4.32. The van der Waals surface area contributed by atoms with E-state index >= 15 is 0 Å². The molecule has 2 N–H and O–H groups in total. The van der Waals surface area contributed by atoms with Gasteiger partial charge in [0.2, 0.25) is 0 Å². The highest BCUT2D eigenvalue weighted by Gasteiger charge is 2.42. The highest BCUT2D eigenvalue weighted by Crippen LogP contribution is 2.46. The number of piperidine rings is 1. The lowest BCUT2D eigenvalue weighted by atomic mass is 9.77. The lowest BCUT2D eigenvalue weighted by Crippen LogP contribution is -2.39.